The number of fused-ring (bicyclic) bond motifs is 1. The largest absolute Gasteiger partial charge is 0.417 e. The summed E-state index contributed by atoms with van der Waals surface area (Å²) in [5.41, 5.74) is -0.868. The number of anilines is 1. The highest BCUT2D eigenvalue weighted by molar-refractivity contribution is 7.92. The number of nitrogens with zero attached hydrogens (tertiary/aromatic N) is 2. The van der Waals surface area contributed by atoms with Crippen molar-refractivity contribution < 1.29 is 26.4 Å². The number of carbonyl (C=O) groups excluding carboxylic acids is 1. The minimum absolute atomic E-state index is 0.0974. The van der Waals surface area contributed by atoms with E-state index in [2.05, 4.69) is 4.98 Å². The maximum absolute atomic E-state index is 13.1. The molecule has 0 radical (unpaired) electrons. The standard InChI is InChI=1S/C16H12ClF3N2O3S/c1-9(10-4-5-12(17)11(7-10)16(18,19)20)22-14(23)8-26(24,25)13-3-2-6-21-15(13)22/h2-7,9H,8H2,1H3. The summed E-state index contributed by atoms with van der Waals surface area (Å²) in [7, 11) is -3.83. The Morgan fingerprint density at radius 1 is 1.27 bits per heavy atom. The van der Waals surface area contributed by atoms with Gasteiger partial charge < -0.3 is 0 Å². The fraction of sp³-hybridized carbons (Fsp3) is 0.250. The van der Waals surface area contributed by atoms with Crippen LogP contribution in [0.5, 0.6) is 0 Å². The summed E-state index contributed by atoms with van der Waals surface area (Å²) in [6.07, 6.45) is -3.34. The second kappa shape index (κ2) is 6.24. The van der Waals surface area contributed by atoms with E-state index in [1.807, 2.05) is 0 Å². The van der Waals surface area contributed by atoms with Gasteiger partial charge in [0.05, 0.1) is 16.6 Å². The first-order valence-corrected chi connectivity index (χ1v) is 9.42. The normalized spacial score (nSPS) is 17.7. The van der Waals surface area contributed by atoms with Crippen LogP contribution in [0.2, 0.25) is 5.02 Å². The zero-order valence-corrected chi connectivity index (χ0v) is 14.9. The molecule has 1 unspecified atom stereocenters. The molecular formula is C16H12ClF3N2O3S. The Hall–Kier alpha value is -2.13. The molecule has 26 heavy (non-hydrogen) atoms. The lowest BCUT2D eigenvalue weighted by Gasteiger charge is -2.33. The van der Waals surface area contributed by atoms with Crippen LogP contribution in [-0.2, 0) is 20.8 Å². The Kier molecular flexibility index (Phi) is 4.48. The number of amides is 1. The summed E-state index contributed by atoms with van der Waals surface area (Å²) in [5, 5.41) is -0.459. The van der Waals surface area contributed by atoms with Crippen LogP contribution in [-0.4, -0.2) is 25.1 Å². The van der Waals surface area contributed by atoms with Crippen LogP contribution in [0.4, 0.5) is 19.0 Å². The van der Waals surface area contributed by atoms with Crippen LogP contribution in [0.3, 0.4) is 0 Å². The van der Waals surface area contributed by atoms with E-state index in [1.165, 1.54) is 31.3 Å². The van der Waals surface area contributed by atoms with E-state index in [0.29, 0.717) is 0 Å². The lowest BCUT2D eigenvalue weighted by molar-refractivity contribution is -0.137. The van der Waals surface area contributed by atoms with Crippen LogP contribution in [0.25, 0.3) is 0 Å². The predicted molar refractivity (Wildman–Crippen MR) is 88.6 cm³/mol. The SMILES string of the molecule is CC(c1ccc(Cl)c(C(F)(F)F)c1)N1C(=O)CS(=O)(=O)c2cccnc21. The summed E-state index contributed by atoms with van der Waals surface area (Å²) >= 11 is 5.63. The number of hydrogen-bond donors (Lipinski definition) is 0. The number of halogens is 4. The van der Waals surface area contributed by atoms with Crippen molar-refractivity contribution in [3.63, 3.8) is 0 Å². The summed E-state index contributed by atoms with van der Waals surface area (Å²) in [4.78, 5) is 17.3. The van der Waals surface area contributed by atoms with Gasteiger partial charge >= 0.3 is 6.18 Å². The number of carbonyl (C=O) groups is 1. The Morgan fingerprint density at radius 3 is 2.62 bits per heavy atom. The number of sulfone groups is 1. The average Bonchev–Trinajstić information content (AvgIpc) is 2.53. The second-order valence-corrected chi connectivity index (χ2v) is 8.13. The minimum Gasteiger partial charge on any atom is -0.287 e. The van der Waals surface area contributed by atoms with E-state index in [1.54, 1.807) is 0 Å². The highest BCUT2D eigenvalue weighted by Gasteiger charge is 2.39. The van der Waals surface area contributed by atoms with Gasteiger partial charge in [-0.15, -0.1) is 0 Å². The third-order valence-electron chi connectivity index (χ3n) is 4.06. The number of rotatable bonds is 2. The maximum Gasteiger partial charge on any atom is 0.417 e. The van der Waals surface area contributed by atoms with Crippen molar-refractivity contribution in [1.82, 2.24) is 4.98 Å². The quantitative estimate of drug-likeness (QED) is 0.766. The van der Waals surface area contributed by atoms with Crippen molar-refractivity contribution in [2.24, 2.45) is 0 Å². The molecule has 1 atom stereocenters. The fourth-order valence-corrected chi connectivity index (χ4v) is 4.36. The molecule has 2 aromatic rings. The van der Waals surface area contributed by atoms with E-state index in [4.69, 9.17) is 11.6 Å². The summed E-state index contributed by atoms with van der Waals surface area (Å²) in [6, 6.07) is 5.17. The predicted octanol–water partition coefficient (Wildman–Crippen LogP) is 3.64. The van der Waals surface area contributed by atoms with E-state index in [9.17, 15) is 26.4 Å². The topological polar surface area (TPSA) is 67.3 Å². The van der Waals surface area contributed by atoms with Crippen LogP contribution in [0, 0.1) is 0 Å². The van der Waals surface area contributed by atoms with Crippen molar-refractivity contribution in [1.29, 1.82) is 0 Å². The molecule has 0 bridgehead atoms. The maximum atomic E-state index is 13.1. The summed E-state index contributed by atoms with van der Waals surface area (Å²) in [5.74, 6) is -1.62. The average molecular weight is 405 g/mol. The molecule has 1 amide bonds. The Bertz CT molecular complexity index is 992. The molecule has 0 N–H and O–H groups in total. The Morgan fingerprint density at radius 2 is 1.96 bits per heavy atom. The molecule has 0 aliphatic carbocycles. The van der Waals surface area contributed by atoms with E-state index in [0.717, 1.165) is 17.0 Å². The van der Waals surface area contributed by atoms with Gasteiger partial charge in [0.15, 0.2) is 15.7 Å². The van der Waals surface area contributed by atoms with Gasteiger partial charge in [-0.25, -0.2) is 13.4 Å². The van der Waals surface area contributed by atoms with Crippen LogP contribution in [0.1, 0.15) is 24.1 Å². The molecule has 10 heteroatoms. The highest BCUT2D eigenvalue weighted by atomic mass is 35.5. The number of benzene rings is 1. The molecule has 5 nitrogen and oxygen atoms in total. The summed E-state index contributed by atoms with van der Waals surface area (Å²) < 4.78 is 63.6. The van der Waals surface area contributed by atoms with Gasteiger partial charge in [0.2, 0.25) is 5.91 Å². The molecule has 2 heterocycles. The summed E-state index contributed by atoms with van der Waals surface area (Å²) in [6.45, 7) is 1.50. The molecule has 1 aromatic carbocycles. The zero-order valence-electron chi connectivity index (χ0n) is 13.3. The fourth-order valence-electron chi connectivity index (χ4n) is 2.80. The molecule has 0 spiro atoms. The molecular weight excluding hydrogens is 393 g/mol. The van der Waals surface area contributed by atoms with Crippen molar-refractivity contribution in [2.75, 3.05) is 10.7 Å². The smallest absolute Gasteiger partial charge is 0.287 e. The van der Waals surface area contributed by atoms with Gasteiger partial charge in [0, 0.05) is 6.20 Å². The van der Waals surface area contributed by atoms with Crippen LogP contribution >= 0.6 is 11.6 Å². The molecule has 1 aliphatic rings. The van der Waals surface area contributed by atoms with Gasteiger partial charge in [-0.05, 0) is 36.8 Å². The Balaban J connectivity index is 2.11. The number of alkyl halides is 3. The van der Waals surface area contributed by atoms with Crippen LogP contribution < -0.4 is 4.90 Å². The highest BCUT2D eigenvalue weighted by Crippen LogP contribution is 2.39. The van der Waals surface area contributed by atoms with Gasteiger partial charge in [-0.3, -0.25) is 9.69 Å². The number of hydrogen-bond acceptors (Lipinski definition) is 4. The third kappa shape index (κ3) is 3.16. The van der Waals surface area contributed by atoms with Gasteiger partial charge in [-0.2, -0.15) is 13.2 Å². The monoisotopic (exact) mass is 404 g/mol. The molecule has 0 saturated carbocycles. The van der Waals surface area contributed by atoms with Crippen LogP contribution in [0.15, 0.2) is 41.4 Å². The van der Waals surface area contributed by atoms with E-state index < -0.39 is 44.3 Å². The molecule has 3 rings (SSSR count). The van der Waals surface area contributed by atoms with Crippen molar-refractivity contribution in [2.45, 2.75) is 24.0 Å². The Labute approximate surface area is 152 Å². The minimum atomic E-state index is -4.65. The van der Waals surface area contributed by atoms with Crippen molar-refractivity contribution in [3.8, 4) is 0 Å². The van der Waals surface area contributed by atoms with Gasteiger partial charge in [0.1, 0.15) is 10.6 Å². The second-order valence-electron chi connectivity index (χ2n) is 5.76. The van der Waals surface area contributed by atoms with Gasteiger partial charge in [-0.1, -0.05) is 17.7 Å². The molecule has 0 fully saturated rings. The lowest BCUT2D eigenvalue weighted by atomic mass is 10.0. The van der Waals surface area contributed by atoms with E-state index >= 15 is 0 Å². The van der Waals surface area contributed by atoms with Crippen molar-refractivity contribution >= 4 is 33.2 Å². The zero-order chi connectivity index (χ0) is 19.3. The molecule has 138 valence electrons. The van der Waals surface area contributed by atoms with Crippen molar-refractivity contribution in [3.05, 3.63) is 52.7 Å². The number of aromatic nitrogens is 1. The first-order chi connectivity index (χ1) is 12.0. The first-order valence-electron chi connectivity index (χ1n) is 7.39. The lowest BCUT2D eigenvalue weighted by Crippen LogP contribution is -2.43. The number of pyridine rings is 1. The van der Waals surface area contributed by atoms with E-state index in [-0.39, 0.29) is 16.3 Å². The molecule has 1 aliphatic heterocycles. The molecule has 1 aromatic heterocycles. The van der Waals surface area contributed by atoms with Gasteiger partial charge in [0.25, 0.3) is 0 Å². The first kappa shape index (κ1) is 18.7. The third-order valence-corrected chi connectivity index (χ3v) is 6.01. The molecule has 0 saturated heterocycles.